The number of rotatable bonds is 9. The predicted molar refractivity (Wildman–Crippen MR) is 169 cm³/mol. The lowest BCUT2D eigenvalue weighted by Gasteiger charge is -2.38. The third kappa shape index (κ3) is 8.37. The van der Waals surface area contributed by atoms with Crippen LogP contribution in [0.5, 0.6) is 0 Å². The first kappa shape index (κ1) is 28.3. The fraction of sp³-hybridized carbons (Fsp3) is 0.794. The van der Waals surface area contributed by atoms with Gasteiger partial charge in [0.1, 0.15) is 0 Å². The molecule has 0 unspecified atom stereocenters. The Labute approximate surface area is 232 Å². The third-order valence-electron chi connectivity index (χ3n) is 10.3. The van der Waals surface area contributed by atoms with Crippen molar-refractivity contribution in [2.75, 3.05) is 12.3 Å². The highest BCUT2D eigenvalue weighted by molar-refractivity contribution is 7.60. The molecule has 3 heteroatoms. The molecule has 0 aromatic rings. The average Bonchev–Trinajstić information content (AvgIpc) is 2.98. The summed E-state index contributed by atoms with van der Waals surface area (Å²) in [6, 6.07) is 0. The first-order chi connectivity index (χ1) is 18.4. The van der Waals surface area contributed by atoms with Gasteiger partial charge in [0.2, 0.25) is 0 Å². The molecule has 0 aromatic heterocycles. The van der Waals surface area contributed by atoms with E-state index in [1.54, 1.807) is 0 Å². The Morgan fingerprint density at radius 3 is 1.49 bits per heavy atom. The highest BCUT2D eigenvalue weighted by atomic mass is 31.1. The lowest BCUT2D eigenvalue weighted by molar-refractivity contribution is 0.485. The van der Waals surface area contributed by atoms with E-state index in [0.717, 1.165) is 29.1 Å². The smallest absolute Gasteiger partial charge is 0.0657 e. The van der Waals surface area contributed by atoms with E-state index in [9.17, 15) is 0 Å². The summed E-state index contributed by atoms with van der Waals surface area (Å²) in [5.74, 6) is 0. The van der Waals surface area contributed by atoms with Gasteiger partial charge < -0.3 is 0 Å². The van der Waals surface area contributed by atoms with Crippen molar-refractivity contribution in [3.63, 3.8) is 0 Å². The van der Waals surface area contributed by atoms with Gasteiger partial charge in [-0.1, -0.05) is 111 Å². The topological polar surface area (TPSA) is 12.4 Å². The maximum Gasteiger partial charge on any atom is 0.0657 e. The molecule has 1 nitrogen and oxygen atoms in total. The normalized spacial score (nSPS) is 27.1. The highest BCUT2D eigenvalue weighted by Gasteiger charge is 2.31. The van der Waals surface area contributed by atoms with Gasteiger partial charge >= 0.3 is 0 Å². The lowest BCUT2D eigenvalue weighted by Crippen LogP contribution is -2.22. The van der Waals surface area contributed by atoms with Crippen LogP contribution < -0.4 is 0 Å². The molecule has 0 saturated heterocycles. The molecule has 0 aromatic carbocycles. The van der Waals surface area contributed by atoms with E-state index in [1.807, 2.05) is 0 Å². The molecule has 206 valence electrons. The molecule has 5 aliphatic rings. The molecule has 37 heavy (non-hydrogen) atoms. The fourth-order valence-corrected chi connectivity index (χ4v) is 15.4. The van der Waals surface area contributed by atoms with Crippen LogP contribution in [0, 0.1) is 0 Å². The molecule has 0 radical (unpaired) electrons. The summed E-state index contributed by atoms with van der Waals surface area (Å²) in [6.45, 7) is 0. The molecular formula is C34H55NP2. The van der Waals surface area contributed by atoms with Crippen LogP contribution in [0.3, 0.4) is 0 Å². The van der Waals surface area contributed by atoms with Crippen molar-refractivity contribution in [2.45, 2.75) is 157 Å². The zero-order valence-corrected chi connectivity index (χ0v) is 25.6. The minimum Gasteiger partial charge on any atom is -0.261 e. The minimum atomic E-state index is 0.115. The van der Waals surface area contributed by atoms with Gasteiger partial charge in [0.25, 0.3) is 0 Å². The molecule has 5 rings (SSSR count). The second kappa shape index (κ2) is 15.5. The Kier molecular flexibility index (Phi) is 11.9. The fourth-order valence-electron chi connectivity index (χ4n) is 8.17. The second-order valence-corrected chi connectivity index (χ2v) is 18.5. The van der Waals surface area contributed by atoms with E-state index >= 15 is 0 Å². The first-order valence-electron chi connectivity index (χ1n) is 16.5. The zero-order chi connectivity index (χ0) is 25.1. The summed E-state index contributed by atoms with van der Waals surface area (Å²) >= 11 is 0. The summed E-state index contributed by atoms with van der Waals surface area (Å²) in [5, 5.41) is 0. The van der Waals surface area contributed by atoms with Crippen molar-refractivity contribution in [2.24, 2.45) is 4.99 Å². The van der Waals surface area contributed by atoms with E-state index in [4.69, 9.17) is 4.99 Å². The number of nitrogens with zero attached hydrogens (tertiary/aromatic N) is 1. The van der Waals surface area contributed by atoms with Gasteiger partial charge in [0.15, 0.2) is 0 Å². The molecule has 5 aliphatic carbocycles. The third-order valence-corrected chi connectivity index (χ3v) is 17.3. The van der Waals surface area contributed by atoms with Crippen LogP contribution >= 0.6 is 15.8 Å². The molecule has 0 N–H and O–H groups in total. The molecule has 0 aliphatic heterocycles. The van der Waals surface area contributed by atoms with Crippen LogP contribution in [0.2, 0.25) is 0 Å². The molecule has 4 saturated carbocycles. The van der Waals surface area contributed by atoms with Crippen molar-refractivity contribution < 1.29 is 0 Å². The number of hydrogen-bond donors (Lipinski definition) is 0. The Morgan fingerprint density at radius 2 is 1.03 bits per heavy atom. The summed E-state index contributed by atoms with van der Waals surface area (Å²) in [7, 11) is 0.257. The van der Waals surface area contributed by atoms with Crippen molar-refractivity contribution in [1.29, 1.82) is 0 Å². The van der Waals surface area contributed by atoms with Gasteiger partial charge in [0.05, 0.1) is 5.70 Å². The predicted octanol–water partition coefficient (Wildman–Crippen LogP) is 11.1. The number of hydrogen-bond acceptors (Lipinski definition) is 1. The number of aliphatic imine (C=N–C) groups is 1. The van der Waals surface area contributed by atoms with Crippen LogP contribution in [-0.4, -0.2) is 41.2 Å². The Balaban J connectivity index is 1.24. The van der Waals surface area contributed by atoms with Crippen molar-refractivity contribution in [1.82, 2.24) is 0 Å². The van der Waals surface area contributed by atoms with Crippen molar-refractivity contribution in [3.05, 3.63) is 35.6 Å². The van der Waals surface area contributed by atoms with E-state index < -0.39 is 0 Å². The maximum atomic E-state index is 5.24. The SMILES string of the molecule is C1=CCC(=CCP(C2CCCCC2)C2CCCCC2)C(N=CCP(C2CCCCC2)C2CCCCC2)=C1. The molecule has 0 amide bonds. The average molecular weight is 540 g/mol. The van der Waals surface area contributed by atoms with E-state index in [2.05, 4.69) is 30.5 Å². The Hall–Kier alpha value is -0.250. The van der Waals surface area contributed by atoms with E-state index in [1.165, 1.54) is 152 Å². The molecule has 0 atom stereocenters. The maximum absolute atomic E-state index is 5.24. The summed E-state index contributed by atoms with van der Waals surface area (Å²) in [6.07, 6.45) is 45.8. The van der Waals surface area contributed by atoms with Crippen LogP contribution in [0.15, 0.2) is 40.6 Å². The summed E-state index contributed by atoms with van der Waals surface area (Å²) in [4.78, 5) is 5.24. The van der Waals surface area contributed by atoms with Gasteiger partial charge in [-0.3, -0.25) is 4.99 Å². The van der Waals surface area contributed by atoms with Crippen LogP contribution in [0.25, 0.3) is 0 Å². The quantitative estimate of drug-likeness (QED) is 0.204. The van der Waals surface area contributed by atoms with E-state index in [-0.39, 0.29) is 15.8 Å². The van der Waals surface area contributed by atoms with E-state index in [0.29, 0.717) is 0 Å². The van der Waals surface area contributed by atoms with Crippen LogP contribution in [-0.2, 0) is 0 Å². The molecule has 0 heterocycles. The molecular weight excluding hydrogens is 484 g/mol. The highest BCUT2D eigenvalue weighted by Crippen LogP contribution is 2.56. The van der Waals surface area contributed by atoms with Gasteiger partial charge in [-0.2, -0.15) is 0 Å². The Bertz CT molecular complexity index is 751. The van der Waals surface area contributed by atoms with Gasteiger partial charge in [-0.25, -0.2) is 0 Å². The van der Waals surface area contributed by atoms with Gasteiger partial charge in [0, 0.05) is 12.4 Å². The Morgan fingerprint density at radius 1 is 0.595 bits per heavy atom. The van der Waals surface area contributed by atoms with Crippen molar-refractivity contribution in [3.8, 4) is 0 Å². The first-order valence-corrected chi connectivity index (χ1v) is 19.8. The van der Waals surface area contributed by atoms with Gasteiger partial charge in [-0.05, 0) is 98.2 Å². The largest absolute Gasteiger partial charge is 0.261 e. The second-order valence-electron chi connectivity index (χ2n) is 12.8. The standard InChI is InChI=1S/C34H55NP2/c1-5-16-30(17-6-1)36(31-18-7-2-8-19-31)27-25-29-15-13-14-24-34(29)35-26-28-37(32-20-9-3-10-21-32)33-22-11-4-12-23-33/h13-14,24-26,30-33H,1-12,15-23,27-28H2. The van der Waals surface area contributed by atoms with Gasteiger partial charge in [-0.15, -0.1) is 0 Å². The van der Waals surface area contributed by atoms with Crippen molar-refractivity contribution >= 4 is 22.1 Å². The van der Waals surface area contributed by atoms with Crippen LogP contribution in [0.1, 0.15) is 135 Å². The summed E-state index contributed by atoms with van der Waals surface area (Å²) in [5.41, 5.74) is 7.00. The number of allylic oxidation sites excluding steroid dienone is 5. The molecule has 0 bridgehead atoms. The summed E-state index contributed by atoms with van der Waals surface area (Å²) < 4.78 is 0. The van der Waals surface area contributed by atoms with Crippen LogP contribution in [0.4, 0.5) is 0 Å². The molecule has 4 fully saturated rings. The minimum absolute atomic E-state index is 0.115. The monoisotopic (exact) mass is 539 g/mol. The molecule has 0 spiro atoms. The lowest BCUT2D eigenvalue weighted by atomic mass is 9.99. The zero-order valence-electron chi connectivity index (χ0n) is 23.8.